The van der Waals surface area contributed by atoms with Crippen LogP contribution in [0.3, 0.4) is 0 Å². The van der Waals surface area contributed by atoms with E-state index in [0.29, 0.717) is 27.4 Å². The summed E-state index contributed by atoms with van der Waals surface area (Å²) in [5.74, 6) is 1.11. The van der Waals surface area contributed by atoms with E-state index in [2.05, 4.69) is 21.0 Å². The highest BCUT2D eigenvalue weighted by molar-refractivity contribution is 7.98. The number of nitriles is 1. The molecule has 0 aliphatic rings. The monoisotopic (exact) mass is 300 g/mol. The third-order valence-electron chi connectivity index (χ3n) is 2.58. The largest absolute Gasteiger partial charge is 0.309 e. The van der Waals surface area contributed by atoms with Crippen molar-refractivity contribution in [1.82, 2.24) is 15.0 Å². The molecule has 20 heavy (non-hydrogen) atoms. The molecule has 0 aliphatic carbocycles. The molecule has 7 heteroatoms. The number of fused-ring (bicyclic) bond motifs is 1. The Morgan fingerprint density at radius 1 is 1.45 bits per heavy atom. The highest BCUT2D eigenvalue weighted by Gasteiger charge is 2.06. The fourth-order valence-electron chi connectivity index (χ4n) is 1.69. The second-order valence-corrected chi connectivity index (χ2v) is 5.84. The number of aromatic nitrogens is 3. The van der Waals surface area contributed by atoms with Crippen molar-refractivity contribution in [1.29, 1.82) is 5.26 Å². The summed E-state index contributed by atoms with van der Waals surface area (Å²) in [4.78, 5) is 23.2. The lowest BCUT2D eigenvalue weighted by Gasteiger charge is -2.01. The van der Waals surface area contributed by atoms with E-state index in [-0.39, 0.29) is 5.56 Å². The first-order valence-electron chi connectivity index (χ1n) is 5.71. The first-order valence-corrected chi connectivity index (χ1v) is 7.58. The van der Waals surface area contributed by atoms with Crippen molar-refractivity contribution in [3.05, 3.63) is 51.5 Å². The van der Waals surface area contributed by atoms with Crippen molar-refractivity contribution in [2.45, 2.75) is 10.8 Å². The maximum atomic E-state index is 11.8. The van der Waals surface area contributed by atoms with Gasteiger partial charge in [-0.2, -0.15) is 5.26 Å². The van der Waals surface area contributed by atoms with Crippen LogP contribution >= 0.6 is 23.1 Å². The quantitative estimate of drug-likeness (QED) is 0.752. The summed E-state index contributed by atoms with van der Waals surface area (Å²) in [7, 11) is 0. The molecule has 0 spiro atoms. The zero-order chi connectivity index (χ0) is 13.9. The molecule has 0 atom stereocenters. The molecule has 1 N–H and O–H groups in total. The fraction of sp³-hybridized carbons (Fsp3) is 0.0769. The third kappa shape index (κ3) is 2.57. The molecule has 0 saturated carbocycles. The number of rotatable bonds is 3. The standard InChI is InChI=1S/C13H8N4OS2/c14-6-8-1-3-15-11(5-8)20-7-10-16-9-2-4-19-12(9)13(18)17-10/h1-5H,7H2,(H,16,17,18). The van der Waals surface area contributed by atoms with Gasteiger partial charge in [0.1, 0.15) is 10.5 Å². The molecule has 3 aromatic rings. The SMILES string of the molecule is N#Cc1ccnc(SCc2nc3ccsc3c(=O)[nH]2)c1. The van der Waals surface area contributed by atoms with Gasteiger partial charge in [-0.3, -0.25) is 4.79 Å². The topological polar surface area (TPSA) is 82.4 Å². The predicted octanol–water partition coefficient (Wildman–Crippen LogP) is 2.54. The number of nitrogens with one attached hydrogen (secondary N) is 1. The summed E-state index contributed by atoms with van der Waals surface area (Å²) in [5, 5.41) is 11.4. The van der Waals surface area contributed by atoms with Gasteiger partial charge in [-0.05, 0) is 23.6 Å². The van der Waals surface area contributed by atoms with Crippen LogP contribution in [-0.2, 0) is 5.75 Å². The van der Waals surface area contributed by atoms with E-state index in [1.807, 2.05) is 11.4 Å². The van der Waals surface area contributed by atoms with E-state index >= 15 is 0 Å². The molecule has 0 fully saturated rings. The first-order chi connectivity index (χ1) is 9.76. The van der Waals surface area contributed by atoms with Crippen molar-refractivity contribution in [3.63, 3.8) is 0 Å². The van der Waals surface area contributed by atoms with Gasteiger partial charge in [-0.25, -0.2) is 9.97 Å². The molecule has 3 heterocycles. The lowest BCUT2D eigenvalue weighted by atomic mass is 10.3. The Hall–Kier alpha value is -2.17. The minimum atomic E-state index is -0.112. The summed E-state index contributed by atoms with van der Waals surface area (Å²) < 4.78 is 0.642. The van der Waals surface area contributed by atoms with Gasteiger partial charge < -0.3 is 4.98 Å². The molecule has 0 amide bonds. The molecule has 0 radical (unpaired) electrons. The maximum Gasteiger partial charge on any atom is 0.268 e. The Kier molecular flexibility index (Phi) is 3.50. The van der Waals surface area contributed by atoms with Crippen LogP contribution in [0.1, 0.15) is 11.4 Å². The number of hydrogen-bond acceptors (Lipinski definition) is 6. The molecule has 3 aromatic heterocycles. The van der Waals surface area contributed by atoms with Gasteiger partial charge in [0.15, 0.2) is 0 Å². The molecule has 98 valence electrons. The second kappa shape index (κ2) is 5.45. The van der Waals surface area contributed by atoms with E-state index in [4.69, 9.17) is 5.26 Å². The molecule has 0 aromatic carbocycles. The fourth-order valence-corrected chi connectivity index (χ4v) is 3.18. The van der Waals surface area contributed by atoms with Crippen molar-refractivity contribution < 1.29 is 0 Å². The Morgan fingerprint density at radius 3 is 3.20 bits per heavy atom. The van der Waals surface area contributed by atoms with Crippen LogP contribution in [0, 0.1) is 11.3 Å². The number of hydrogen-bond donors (Lipinski definition) is 1. The summed E-state index contributed by atoms with van der Waals surface area (Å²) in [6.07, 6.45) is 1.60. The van der Waals surface area contributed by atoms with Gasteiger partial charge in [-0.1, -0.05) is 11.8 Å². The van der Waals surface area contributed by atoms with E-state index in [0.717, 1.165) is 5.03 Å². The highest BCUT2D eigenvalue weighted by atomic mass is 32.2. The Balaban J connectivity index is 1.83. The molecule has 3 rings (SSSR count). The number of pyridine rings is 1. The Morgan fingerprint density at radius 2 is 2.35 bits per heavy atom. The average molecular weight is 300 g/mol. The van der Waals surface area contributed by atoms with Crippen LogP contribution in [0.2, 0.25) is 0 Å². The zero-order valence-corrected chi connectivity index (χ0v) is 11.8. The first kappa shape index (κ1) is 12.8. The maximum absolute atomic E-state index is 11.8. The number of aromatic amines is 1. The highest BCUT2D eigenvalue weighted by Crippen LogP contribution is 2.21. The Bertz CT molecular complexity index is 862. The molecular weight excluding hydrogens is 292 g/mol. The normalized spacial score (nSPS) is 10.6. The summed E-state index contributed by atoms with van der Waals surface area (Å²) in [6.45, 7) is 0. The van der Waals surface area contributed by atoms with Crippen molar-refractivity contribution >= 4 is 33.3 Å². The van der Waals surface area contributed by atoms with E-state index in [9.17, 15) is 4.79 Å². The van der Waals surface area contributed by atoms with Gasteiger partial charge in [0.2, 0.25) is 0 Å². The summed E-state index contributed by atoms with van der Waals surface area (Å²) in [6, 6.07) is 7.27. The lowest BCUT2D eigenvalue weighted by molar-refractivity contribution is 1.04. The van der Waals surface area contributed by atoms with E-state index in [1.165, 1.54) is 23.1 Å². The van der Waals surface area contributed by atoms with Crippen LogP contribution in [0.15, 0.2) is 39.6 Å². The number of thiophene rings is 1. The van der Waals surface area contributed by atoms with Crippen molar-refractivity contribution in [2.24, 2.45) is 0 Å². The van der Waals surface area contributed by atoms with Crippen LogP contribution in [0.5, 0.6) is 0 Å². The minimum Gasteiger partial charge on any atom is -0.309 e. The number of nitrogens with zero attached hydrogens (tertiary/aromatic N) is 3. The van der Waals surface area contributed by atoms with E-state index in [1.54, 1.807) is 18.3 Å². The summed E-state index contributed by atoms with van der Waals surface area (Å²) >= 11 is 2.81. The van der Waals surface area contributed by atoms with Crippen molar-refractivity contribution in [3.8, 4) is 6.07 Å². The van der Waals surface area contributed by atoms with Gasteiger partial charge in [-0.15, -0.1) is 11.3 Å². The molecular formula is C13H8N4OS2. The van der Waals surface area contributed by atoms with E-state index < -0.39 is 0 Å². The lowest BCUT2D eigenvalue weighted by Crippen LogP contribution is -2.09. The number of H-pyrrole nitrogens is 1. The van der Waals surface area contributed by atoms with Crippen LogP contribution in [0.25, 0.3) is 10.2 Å². The third-order valence-corrected chi connectivity index (χ3v) is 4.42. The van der Waals surface area contributed by atoms with Crippen LogP contribution in [-0.4, -0.2) is 15.0 Å². The average Bonchev–Trinajstić information content (AvgIpc) is 2.94. The minimum absolute atomic E-state index is 0.112. The zero-order valence-electron chi connectivity index (χ0n) is 10.2. The number of thioether (sulfide) groups is 1. The molecule has 0 bridgehead atoms. The smallest absolute Gasteiger partial charge is 0.268 e. The predicted molar refractivity (Wildman–Crippen MR) is 78.8 cm³/mol. The van der Waals surface area contributed by atoms with Crippen molar-refractivity contribution in [2.75, 3.05) is 0 Å². The molecule has 0 aliphatic heterocycles. The summed E-state index contributed by atoms with van der Waals surface area (Å²) in [5.41, 5.74) is 1.17. The van der Waals surface area contributed by atoms with Gasteiger partial charge in [0.25, 0.3) is 5.56 Å². The van der Waals surface area contributed by atoms with Gasteiger partial charge in [0.05, 0.1) is 27.9 Å². The molecule has 0 unspecified atom stereocenters. The van der Waals surface area contributed by atoms with Crippen LogP contribution in [0.4, 0.5) is 0 Å². The van der Waals surface area contributed by atoms with Gasteiger partial charge in [0, 0.05) is 6.20 Å². The van der Waals surface area contributed by atoms with Gasteiger partial charge >= 0.3 is 0 Å². The van der Waals surface area contributed by atoms with Crippen LogP contribution < -0.4 is 5.56 Å². The molecule has 0 saturated heterocycles. The second-order valence-electron chi connectivity index (χ2n) is 3.93. The molecule has 5 nitrogen and oxygen atoms in total. The Labute approximate surface area is 122 Å².